The average Bonchev–Trinajstić information content (AvgIpc) is 2.95. The van der Waals surface area contributed by atoms with Gasteiger partial charge in [0.1, 0.15) is 5.70 Å². The van der Waals surface area contributed by atoms with Crippen LogP contribution in [-0.2, 0) is 9.59 Å². The third-order valence-electron chi connectivity index (χ3n) is 2.95. The highest BCUT2D eigenvalue weighted by atomic mass is 16.2. The maximum absolute atomic E-state index is 12.0. The summed E-state index contributed by atoms with van der Waals surface area (Å²) in [6.45, 7) is 13.6. The maximum Gasteiger partial charge on any atom is 0.275 e. The Morgan fingerprint density at radius 2 is 1.64 bits per heavy atom. The van der Waals surface area contributed by atoms with E-state index in [0.29, 0.717) is 16.8 Å². The number of hydrogen-bond donors (Lipinski definition) is 2. The molecule has 25 heavy (non-hydrogen) atoms. The summed E-state index contributed by atoms with van der Waals surface area (Å²) in [6, 6.07) is 9.07. The van der Waals surface area contributed by atoms with Gasteiger partial charge >= 0.3 is 0 Å². The van der Waals surface area contributed by atoms with E-state index in [-0.39, 0.29) is 5.70 Å². The minimum Gasteiger partial charge on any atom is -0.350 e. The lowest BCUT2D eigenvalue weighted by molar-refractivity contribution is -0.123. The van der Waals surface area contributed by atoms with Gasteiger partial charge in [-0.1, -0.05) is 76.8 Å². The number of amides is 2. The van der Waals surface area contributed by atoms with Crippen molar-refractivity contribution >= 4 is 17.4 Å². The minimum atomic E-state index is -0.438. The lowest BCUT2D eigenvalue weighted by atomic mass is 10.0. The molecule has 0 saturated carbocycles. The van der Waals surface area contributed by atoms with Crippen molar-refractivity contribution in [2.45, 2.75) is 34.6 Å². The van der Waals surface area contributed by atoms with Crippen LogP contribution in [0.2, 0.25) is 0 Å². The number of rotatable bonds is 5. The zero-order chi connectivity index (χ0) is 19.2. The first kappa shape index (κ1) is 22.1. The summed E-state index contributed by atoms with van der Waals surface area (Å²) < 4.78 is 0. The number of benzene rings is 1. The first-order valence-corrected chi connectivity index (χ1v) is 8.55. The lowest BCUT2D eigenvalue weighted by Gasteiger charge is -2.08. The van der Waals surface area contributed by atoms with Gasteiger partial charge in [-0.3, -0.25) is 14.9 Å². The third-order valence-corrected chi connectivity index (χ3v) is 2.95. The molecule has 1 aliphatic heterocycles. The van der Waals surface area contributed by atoms with Gasteiger partial charge < -0.3 is 5.32 Å². The quantitative estimate of drug-likeness (QED) is 0.619. The van der Waals surface area contributed by atoms with E-state index in [9.17, 15) is 9.59 Å². The molecule has 0 saturated heterocycles. The molecule has 134 valence electrons. The third kappa shape index (κ3) is 6.26. The van der Waals surface area contributed by atoms with Gasteiger partial charge in [0.25, 0.3) is 11.8 Å². The van der Waals surface area contributed by atoms with Gasteiger partial charge in [0.2, 0.25) is 0 Å². The molecule has 4 heteroatoms. The molecule has 0 atom stereocenters. The van der Waals surface area contributed by atoms with Crippen LogP contribution < -0.4 is 10.6 Å². The van der Waals surface area contributed by atoms with Gasteiger partial charge in [-0.25, -0.2) is 0 Å². The predicted octanol–water partition coefficient (Wildman–Crippen LogP) is 4.34. The van der Waals surface area contributed by atoms with E-state index in [4.69, 9.17) is 0 Å². The van der Waals surface area contributed by atoms with E-state index in [0.717, 1.165) is 0 Å². The highest BCUT2D eigenvalue weighted by Gasteiger charge is 2.31. The molecule has 2 amide bonds. The van der Waals surface area contributed by atoms with Crippen molar-refractivity contribution in [2.75, 3.05) is 0 Å². The fraction of sp³-hybridized carbons (Fsp3) is 0.238. The van der Waals surface area contributed by atoms with Crippen molar-refractivity contribution in [3.05, 3.63) is 78.2 Å². The van der Waals surface area contributed by atoms with E-state index in [1.165, 1.54) is 0 Å². The standard InChI is InChI=1S/C17H16N2O2.2C2H6/c1-3-5-11-13(4-2)18-15-14(16(20)19-17(15)21)12-9-7-6-8-10-12;2*1-2/h3-11H,2H2,1H3,(H2,18,19,20,21);2*1-2H3/b5-3-,13-11+;;. The molecule has 1 heterocycles. The lowest BCUT2D eigenvalue weighted by Crippen LogP contribution is -2.26. The van der Waals surface area contributed by atoms with Crippen LogP contribution in [0, 0.1) is 0 Å². The van der Waals surface area contributed by atoms with Crippen LogP contribution in [-0.4, -0.2) is 11.8 Å². The maximum atomic E-state index is 12.0. The van der Waals surface area contributed by atoms with Crippen molar-refractivity contribution in [3.63, 3.8) is 0 Å². The Hall–Kier alpha value is -2.88. The second kappa shape index (κ2) is 12.5. The highest BCUT2D eigenvalue weighted by molar-refractivity contribution is 6.35. The Balaban J connectivity index is 0.00000134. The van der Waals surface area contributed by atoms with Crippen molar-refractivity contribution in [1.29, 1.82) is 0 Å². The Morgan fingerprint density at radius 1 is 1.04 bits per heavy atom. The summed E-state index contributed by atoms with van der Waals surface area (Å²) in [6.07, 6.45) is 7.05. The smallest absolute Gasteiger partial charge is 0.275 e. The Kier molecular flexibility index (Phi) is 11.1. The summed E-state index contributed by atoms with van der Waals surface area (Å²) in [4.78, 5) is 24.0. The fourth-order valence-electron chi connectivity index (χ4n) is 1.96. The molecule has 0 aromatic heterocycles. The number of carbonyl (C=O) groups is 2. The Bertz CT molecular complexity index is 668. The first-order valence-electron chi connectivity index (χ1n) is 8.55. The van der Waals surface area contributed by atoms with E-state index in [1.54, 1.807) is 24.3 Å². The topological polar surface area (TPSA) is 58.2 Å². The van der Waals surface area contributed by atoms with Crippen molar-refractivity contribution in [2.24, 2.45) is 0 Å². The fourth-order valence-corrected chi connectivity index (χ4v) is 1.96. The molecule has 1 aromatic carbocycles. The van der Waals surface area contributed by atoms with E-state index in [1.807, 2.05) is 65.0 Å². The van der Waals surface area contributed by atoms with Crippen LogP contribution in [0.4, 0.5) is 0 Å². The van der Waals surface area contributed by atoms with Crippen LogP contribution in [0.1, 0.15) is 40.2 Å². The molecule has 2 rings (SSSR count). The molecule has 0 aliphatic carbocycles. The van der Waals surface area contributed by atoms with Gasteiger partial charge in [0.05, 0.1) is 5.57 Å². The number of carbonyl (C=O) groups excluding carboxylic acids is 2. The van der Waals surface area contributed by atoms with Crippen molar-refractivity contribution in [1.82, 2.24) is 10.6 Å². The van der Waals surface area contributed by atoms with Crippen LogP contribution >= 0.6 is 0 Å². The molecule has 2 N–H and O–H groups in total. The predicted molar refractivity (Wildman–Crippen MR) is 105 cm³/mol. The Labute approximate surface area is 151 Å². The first-order chi connectivity index (χ1) is 12.2. The molecule has 0 radical (unpaired) electrons. The van der Waals surface area contributed by atoms with Crippen LogP contribution in [0.15, 0.2) is 72.6 Å². The van der Waals surface area contributed by atoms with Crippen molar-refractivity contribution in [3.8, 4) is 0 Å². The number of imide groups is 1. The molecular weight excluding hydrogens is 312 g/mol. The van der Waals surface area contributed by atoms with E-state index >= 15 is 0 Å². The van der Waals surface area contributed by atoms with E-state index in [2.05, 4.69) is 17.2 Å². The second-order valence-electron chi connectivity index (χ2n) is 4.38. The van der Waals surface area contributed by atoms with Gasteiger partial charge in [-0.2, -0.15) is 0 Å². The number of allylic oxidation sites excluding steroid dienone is 4. The molecule has 0 unspecified atom stereocenters. The molecule has 0 spiro atoms. The minimum absolute atomic E-state index is 0.238. The summed E-state index contributed by atoms with van der Waals surface area (Å²) in [7, 11) is 0. The summed E-state index contributed by atoms with van der Waals surface area (Å²) in [5.41, 5.74) is 1.91. The number of hydrogen-bond acceptors (Lipinski definition) is 3. The molecule has 4 nitrogen and oxygen atoms in total. The molecule has 1 aliphatic rings. The molecular formula is C21H28N2O2. The van der Waals surface area contributed by atoms with Crippen LogP contribution in [0.25, 0.3) is 5.57 Å². The molecule has 1 aromatic rings. The SMILES string of the molecule is C=C/C(=C\C=C/C)NC1=C(c2ccccc2)C(=O)NC1=O.CC.CC. The zero-order valence-corrected chi connectivity index (χ0v) is 15.7. The summed E-state index contributed by atoms with van der Waals surface area (Å²) >= 11 is 0. The van der Waals surface area contributed by atoms with Gasteiger partial charge in [-0.05, 0) is 24.6 Å². The van der Waals surface area contributed by atoms with Crippen LogP contribution in [0.3, 0.4) is 0 Å². The Morgan fingerprint density at radius 3 is 2.16 bits per heavy atom. The van der Waals surface area contributed by atoms with Gasteiger partial charge in [0, 0.05) is 5.70 Å². The second-order valence-corrected chi connectivity index (χ2v) is 4.38. The highest BCUT2D eigenvalue weighted by Crippen LogP contribution is 2.23. The van der Waals surface area contributed by atoms with E-state index < -0.39 is 11.8 Å². The molecule has 0 fully saturated rings. The molecule has 0 bridgehead atoms. The number of nitrogens with one attached hydrogen (secondary N) is 2. The normalized spacial score (nSPS) is 13.6. The summed E-state index contributed by atoms with van der Waals surface area (Å²) in [5, 5.41) is 5.27. The van der Waals surface area contributed by atoms with Crippen molar-refractivity contribution < 1.29 is 9.59 Å². The zero-order valence-electron chi connectivity index (χ0n) is 15.7. The van der Waals surface area contributed by atoms with Gasteiger partial charge in [-0.15, -0.1) is 0 Å². The van der Waals surface area contributed by atoms with Crippen LogP contribution in [0.5, 0.6) is 0 Å². The largest absolute Gasteiger partial charge is 0.350 e. The monoisotopic (exact) mass is 340 g/mol. The average molecular weight is 340 g/mol. The summed E-state index contributed by atoms with van der Waals surface area (Å²) in [5.74, 6) is -0.838. The van der Waals surface area contributed by atoms with Gasteiger partial charge in [0.15, 0.2) is 0 Å².